The van der Waals surface area contributed by atoms with Crippen LogP contribution in [0.15, 0.2) is 58.2 Å². The van der Waals surface area contributed by atoms with Crippen LogP contribution in [-0.2, 0) is 16.4 Å². The molecular weight excluding hydrogens is 418 g/mol. The molecule has 2 heterocycles. The second-order valence-corrected chi connectivity index (χ2v) is 9.44. The fraction of sp³-hybridized carbons (Fsp3) is 0.158. The van der Waals surface area contributed by atoms with Crippen LogP contribution in [0.25, 0.3) is 15.2 Å². The average molecular weight is 434 g/mol. The van der Waals surface area contributed by atoms with E-state index in [-0.39, 0.29) is 17.1 Å². The third-order valence-corrected chi connectivity index (χ3v) is 7.24. The van der Waals surface area contributed by atoms with Gasteiger partial charge in [0.25, 0.3) is 5.56 Å². The van der Waals surface area contributed by atoms with Gasteiger partial charge in [0.05, 0.1) is 15.9 Å². The molecule has 0 atom stereocenters. The maximum Gasteiger partial charge on any atom is 0.279 e. The topological polar surface area (TPSA) is 80.5 Å². The van der Waals surface area contributed by atoms with Crippen molar-refractivity contribution in [3.63, 3.8) is 0 Å². The van der Waals surface area contributed by atoms with E-state index < -0.39 is 15.6 Å². The van der Waals surface area contributed by atoms with Crippen LogP contribution in [0, 0.1) is 6.92 Å². The van der Waals surface area contributed by atoms with Crippen molar-refractivity contribution in [3.05, 3.63) is 75.2 Å². The summed E-state index contributed by atoms with van der Waals surface area (Å²) in [5.74, 6) is 0. The minimum absolute atomic E-state index is 0.163. The fourth-order valence-corrected chi connectivity index (χ4v) is 5.52. The summed E-state index contributed by atoms with van der Waals surface area (Å²) in [6, 6.07) is 14.5. The number of sulfonamides is 1. The Balaban J connectivity index is 1.69. The molecule has 0 aliphatic rings. The lowest BCUT2D eigenvalue weighted by molar-refractivity contribution is 0.578. The Hall–Kier alpha value is -2.26. The van der Waals surface area contributed by atoms with Gasteiger partial charge in [-0.15, -0.1) is 0 Å². The van der Waals surface area contributed by atoms with E-state index in [1.165, 1.54) is 15.7 Å². The van der Waals surface area contributed by atoms with Crippen molar-refractivity contribution in [1.82, 2.24) is 14.1 Å². The summed E-state index contributed by atoms with van der Waals surface area (Å²) in [7, 11) is -4.01. The highest BCUT2D eigenvalue weighted by molar-refractivity contribution is 7.89. The lowest BCUT2D eigenvalue weighted by Crippen LogP contribution is -2.33. The Morgan fingerprint density at radius 3 is 2.61 bits per heavy atom. The highest BCUT2D eigenvalue weighted by Gasteiger charge is 2.25. The van der Waals surface area contributed by atoms with Crippen molar-refractivity contribution in [2.24, 2.45) is 0 Å². The lowest BCUT2D eigenvalue weighted by Gasteiger charge is -2.09. The first kappa shape index (κ1) is 19.1. The first-order chi connectivity index (χ1) is 13.4. The second kappa shape index (κ2) is 7.29. The molecule has 2 aromatic heterocycles. The Kier molecular flexibility index (Phi) is 4.96. The van der Waals surface area contributed by atoms with Gasteiger partial charge < -0.3 is 0 Å². The van der Waals surface area contributed by atoms with Crippen LogP contribution in [0.4, 0.5) is 0 Å². The summed E-state index contributed by atoms with van der Waals surface area (Å²) < 4.78 is 30.4. The molecule has 0 aliphatic carbocycles. The largest absolute Gasteiger partial charge is 0.279 e. The van der Waals surface area contributed by atoms with Crippen LogP contribution in [0.2, 0.25) is 5.02 Å². The van der Waals surface area contributed by atoms with Crippen LogP contribution in [0.3, 0.4) is 0 Å². The number of fused-ring (bicyclic) bond motifs is 3. The van der Waals surface area contributed by atoms with E-state index in [9.17, 15) is 13.2 Å². The van der Waals surface area contributed by atoms with Crippen molar-refractivity contribution in [1.29, 1.82) is 0 Å². The molecule has 2 aromatic carbocycles. The number of thiazole rings is 1. The van der Waals surface area contributed by atoms with Gasteiger partial charge in [0.15, 0.2) is 9.86 Å². The van der Waals surface area contributed by atoms with Crippen LogP contribution in [-0.4, -0.2) is 24.3 Å². The number of nitrogens with one attached hydrogen (secondary N) is 1. The van der Waals surface area contributed by atoms with Crippen molar-refractivity contribution in [2.75, 3.05) is 6.54 Å². The molecule has 28 heavy (non-hydrogen) atoms. The number of benzene rings is 2. The molecule has 0 unspecified atom stereocenters. The number of hydrogen-bond donors (Lipinski definition) is 1. The predicted octanol–water partition coefficient (Wildman–Crippen LogP) is 3.39. The lowest BCUT2D eigenvalue weighted by atomic mass is 10.2. The molecule has 0 saturated carbocycles. The van der Waals surface area contributed by atoms with Crippen LogP contribution in [0.5, 0.6) is 0 Å². The highest BCUT2D eigenvalue weighted by atomic mass is 35.5. The van der Waals surface area contributed by atoms with Gasteiger partial charge in [0.2, 0.25) is 10.0 Å². The maximum atomic E-state index is 13.0. The summed E-state index contributed by atoms with van der Waals surface area (Å²) in [6.45, 7) is 1.70. The van der Waals surface area contributed by atoms with E-state index in [1.807, 2.05) is 24.3 Å². The van der Waals surface area contributed by atoms with Gasteiger partial charge in [-0.3, -0.25) is 4.79 Å². The number of para-hydroxylation sites is 1. The molecule has 4 rings (SSSR count). The Labute approximate surface area is 170 Å². The Morgan fingerprint density at radius 1 is 1.14 bits per heavy atom. The average Bonchev–Trinajstić information content (AvgIpc) is 3.01. The molecule has 0 spiro atoms. The zero-order valence-corrected chi connectivity index (χ0v) is 17.2. The van der Waals surface area contributed by atoms with E-state index in [0.29, 0.717) is 21.9 Å². The molecule has 0 radical (unpaired) electrons. The molecule has 4 aromatic rings. The minimum Gasteiger partial charge on any atom is -0.267 e. The van der Waals surface area contributed by atoms with Gasteiger partial charge in [-0.25, -0.2) is 22.5 Å². The molecule has 1 N–H and O–H groups in total. The Morgan fingerprint density at radius 2 is 1.86 bits per heavy atom. The van der Waals surface area contributed by atoms with Gasteiger partial charge in [-0.1, -0.05) is 47.2 Å². The van der Waals surface area contributed by atoms with Gasteiger partial charge in [0, 0.05) is 11.6 Å². The molecular formula is C19H16ClN3O3S2. The zero-order valence-electron chi connectivity index (χ0n) is 14.8. The number of aromatic nitrogens is 2. The first-order valence-electron chi connectivity index (χ1n) is 8.52. The van der Waals surface area contributed by atoms with Crippen LogP contribution < -0.4 is 10.3 Å². The summed E-state index contributed by atoms with van der Waals surface area (Å²) >= 11 is 7.21. The highest BCUT2D eigenvalue weighted by Crippen LogP contribution is 2.24. The molecule has 9 heteroatoms. The summed E-state index contributed by atoms with van der Waals surface area (Å²) in [5, 5.41) is 0.621. The van der Waals surface area contributed by atoms with Crippen LogP contribution in [0.1, 0.15) is 11.3 Å². The fourth-order valence-electron chi connectivity index (χ4n) is 3.06. The van der Waals surface area contributed by atoms with Gasteiger partial charge in [0.1, 0.15) is 0 Å². The number of aryl methyl sites for hydroxylation is 1. The monoisotopic (exact) mass is 433 g/mol. The first-order valence-corrected chi connectivity index (χ1v) is 11.2. The summed E-state index contributed by atoms with van der Waals surface area (Å²) in [4.78, 5) is 17.6. The Bertz CT molecular complexity index is 1340. The van der Waals surface area contributed by atoms with E-state index in [4.69, 9.17) is 11.6 Å². The van der Waals surface area contributed by atoms with Gasteiger partial charge in [-0.2, -0.15) is 0 Å². The second-order valence-electron chi connectivity index (χ2n) is 6.29. The number of rotatable bonds is 5. The third kappa shape index (κ3) is 3.44. The van der Waals surface area contributed by atoms with Gasteiger partial charge in [-0.05, 0) is 43.2 Å². The molecule has 6 nitrogen and oxygen atoms in total. The van der Waals surface area contributed by atoms with Crippen molar-refractivity contribution in [2.45, 2.75) is 18.2 Å². The number of halogens is 1. The van der Waals surface area contributed by atoms with E-state index in [0.717, 1.165) is 10.3 Å². The van der Waals surface area contributed by atoms with E-state index in [1.54, 1.807) is 31.2 Å². The quantitative estimate of drug-likeness (QED) is 0.523. The SMILES string of the molecule is Cc1nc2sc3ccccc3n2c(=O)c1S(=O)(=O)NCCc1ccc(Cl)cc1. The predicted molar refractivity (Wildman–Crippen MR) is 112 cm³/mol. The summed E-state index contributed by atoms with van der Waals surface area (Å²) in [6.07, 6.45) is 0.480. The maximum absolute atomic E-state index is 13.0. The molecule has 0 saturated heterocycles. The normalized spacial score (nSPS) is 12.1. The molecule has 0 bridgehead atoms. The summed E-state index contributed by atoms with van der Waals surface area (Å²) in [5.41, 5.74) is 1.20. The molecule has 144 valence electrons. The minimum atomic E-state index is -4.01. The van der Waals surface area contributed by atoms with E-state index >= 15 is 0 Å². The van der Waals surface area contributed by atoms with Crippen molar-refractivity contribution < 1.29 is 8.42 Å². The standard InChI is InChI=1S/C19H16ClN3O3S2/c1-12-17(28(25,26)21-11-10-13-6-8-14(20)9-7-13)18(24)23-15-4-2-3-5-16(15)27-19(23)22-12/h2-9,21H,10-11H2,1H3. The number of nitrogens with zero attached hydrogens (tertiary/aromatic N) is 2. The molecule has 0 amide bonds. The number of hydrogen-bond acceptors (Lipinski definition) is 5. The third-order valence-electron chi connectivity index (χ3n) is 4.38. The van der Waals surface area contributed by atoms with Gasteiger partial charge >= 0.3 is 0 Å². The van der Waals surface area contributed by atoms with Crippen molar-refractivity contribution >= 4 is 48.1 Å². The zero-order chi connectivity index (χ0) is 19.9. The molecule has 0 aliphatic heterocycles. The van der Waals surface area contributed by atoms with E-state index in [2.05, 4.69) is 9.71 Å². The van der Waals surface area contributed by atoms with Crippen LogP contribution >= 0.6 is 22.9 Å². The molecule has 0 fully saturated rings. The van der Waals surface area contributed by atoms with Crippen molar-refractivity contribution in [3.8, 4) is 0 Å². The smallest absolute Gasteiger partial charge is 0.267 e.